The number of hydrogen-bond acceptors (Lipinski definition) is 7. The van der Waals surface area contributed by atoms with Crippen molar-refractivity contribution in [2.45, 2.75) is 36.6 Å². The zero-order chi connectivity index (χ0) is 23.2. The van der Waals surface area contributed by atoms with Gasteiger partial charge in [0.1, 0.15) is 0 Å². The first-order valence-electron chi connectivity index (χ1n) is 10.9. The van der Waals surface area contributed by atoms with Gasteiger partial charge in [0.05, 0.1) is 24.1 Å². The number of piperidine rings is 1. The maximum Gasteiger partial charge on any atom is 0.337 e. The van der Waals surface area contributed by atoms with Gasteiger partial charge in [0.15, 0.2) is 5.16 Å². The lowest BCUT2D eigenvalue weighted by atomic mass is 9.92. The molecule has 33 heavy (non-hydrogen) atoms. The van der Waals surface area contributed by atoms with Crippen LogP contribution < -0.4 is 0 Å². The summed E-state index contributed by atoms with van der Waals surface area (Å²) in [6.45, 7) is 3.29. The maximum absolute atomic E-state index is 13.2. The van der Waals surface area contributed by atoms with E-state index in [9.17, 15) is 9.59 Å². The van der Waals surface area contributed by atoms with Crippen LogP contribution in [0.2, 0.25) is 0 Å². The highest BCUT2D eigenvalue weighted by Crippen LogP contribution is 2.30. The second-order valence-electron chi connectivity index (χ2n) is 7.99. The molecule has 4 rings (SSSR count). The van der Waals surface area contributed by atoms with E-state index in [0.717, 1.165) is 34.9 Å². The standard InChI is InChI=1S/C25H26N4O3S/c1-17-14-27-25(33-16-21-10-3-4-11-26-21)28-22(17)20-9-6-12-29(15-20)23(30)18-7-5-8-19(13-18)24(31)32-2/h3-5,7-8,10-11,13-14,20H,6,9,12,15-16H2,1-2H3. The number of nitrogens with zero attached hydrogens (tertiary/aromatic N) is 4. The predicted molar refractivity (Wildman–Crippen MR) is 126 cm³/mol. The Bertz CT molecular complexity index is 1140. The Morgan fingerprint density at radius 3 is 2.79 bits per heavy atom. The molecule has 8 heteroatoms. The topological polar surface area (TPSA) is 85.3 Å². The number of aryl methyl sites for hydroxylation is 1. The molecule has 1 fully saturated rings. The second kappa shape index (κ2) is 10.6. The first-order valence-corrected chi connectivity index (χ1v) is 11.9. The summed E-state index contributed by atoms with van der Waals surface area (Å²) >= 11 is 1.56. The third kappa shape index (κ3) is 5.57. The number of pyridine rings is 1. The van der Waals surface area contributed by atoms with E-state index in [-0.39, 0.29) is 11.8 Å². The summed E-state index contributed by atoms with van der Waals surface area (Å²) in [5.74, 6) is 0.314. The fraction of sp³-hybridized carbons (Fsp3) is 0.320. The summed E-state index contributed by atoms with van der Waals surface area (Å²) in [7, 11) is 1.33. The van der Waals surface area contributed by atoms with Gasteiger partial charge in [-0.1, -0.05) is 23.9 Å². The van der Waals surface area contributed by atoms with Crippen molar-refractivity contribution < 1.29 is 14.3 Å². The van der Waals surface area contributed by atoms with E-state index in [4.69, 9.17) is 9.72 Å². The smallest absolute Gasteiger partial charge is 0.337 e. The minimum absolute atomic E-state index is 0.0816. The molecule has 1 saturated heterocycles. The van der Waals surface area contributed by atoms with Gasteiger partial charge in [-0.05, 0) is 55.7 Å². The van der Waals surface area contributed by atoms with Crippen molar-refractivity contribution in [2.24, 2.45) is 0 Å². The molecule has 170 valence electrons. The normalized spacial score (nSPS) is 15.8. The number of carbonyl (C=O) groups excluding carboxylic acids is 2. The van der Waals surface area contributed by atoms with Crippen LogP contribution in [0.15, 0.2) is 60.0 Å². The molecule has 1 aliphatic rings. The fourth-order valence-corrected chi connectivity index (χ4v) is 4.75. The summed E-state index contributed by atoms with van der Waals surface area (Å²) in [4.78, 5) is 40.6. The molecule has 2 aromatic heterocycles. The number of benzene rings is 1. The molecule has 0 aliphatic carbocycles. The maximum atomic E-state index is 13.2. The lowest BCUT2D eigenvalue weighted by Crippen LogP contribution is -2.39. The van der Waals surface area contributed by atoms with Crippen LogP contribution in [0.3, 0.4) is 0 Å². The minimum atomic E-state index is -0.450. The third-order valence-corrected chi connectivity index (χ3v) is 6.58. The van der Waals surface area contributed by atoms with Crippen LogP contribution in [0.4, 0.5) is 0 Å². The molecule has 0 bridgehead atoms. The van der Waals surface area contributed by atoms with Crippen molar-refractivity contribution in [3.63, 3.8) is 0 Å². The van der Waals surface area contributed by atoms with Crippen molar-refractivity contribution in [3.05, 3.63) is 82.9 Å². The van der Waals surface area contributed by atoms with E-state index in [1.165, 1.54) is 7.11 Å². The van der Waals surface area contributed by atoms with Gasteiger partial charge in [-0.2, -0.15) is 0 Å². The average molecular weight is 463 g/mol. The molecule has 1 amide bonds. The van der Waals surface area contributed by atoms with Crippen LogP contribution in [0.25, 0.3) is 0 Å². The van der Waals surface area contributed by atoms with E-state index in [1.807, 2.05) is 36.2 Å². The number of esters is 1. The van der Waals surface area contributed by atoms with Crippen molar-refractivity contribution in [1.82, 2.24) is 19.9 Å². The summed E-state index contributed by atoms with van der Waals surface area (Å²) in [5.41, 5.74) is 3.87. The van der Waals surface area contributed by atoms with Gasteiger partial charge >= 0.3 is 5.97 Å². The van der Waals surface area contributed by atoms with Crippen LogP contribution in [-0.2, 0) is 10.5 Å². The van der Waals surface area contributed by atoms with Gasteiger partial charge in [-0.15, -0.1) is 0 Å². The van der Waals surface area contributed by atoms with E-state index in [0.29, 0.717) is 30.0 Å². The molecule has 3 aromatic rings. The summed E-state index contributed by atoms with van der Waals surface area (Å²) in [5, 5.41) is 0.718. The van der Waals surface area contributed by atoms with Crippen LogP contribution in [0, 0.1) is 6.92 Å². The molecule has 0 saturated carbocycles. The number of thioether (sulfide) groups is 1. The molecule has 1 aliphatic heterocycles. The van der Waals surface area contributed by atoms with Crippen molar-refractivity contribution >= 4 is 23.6 Å². The number of amides is 1. The Kier molecular flexibility index (Phi) is 7.34. The van der Waals surface area contributed by atoms with Crippen molar-refractivity contribution in [2.75, 3.05) is 20.2 Å². The number of hydrogen-bond donors (Lipinski definition) is 0. The number of aromatic nitrogens is 3. The number of carbonyl (C=O) groups is 2. The Morgan fingerprint density at radius 2 is 2.00 bits per heavy atom. The quantitative estimate of drug-likeness (QED) is 0.307. The monoisotopic (exact) mass is 462 g/mol. The van der Waals surface area contributed by atoms with Crippen LogP contribution >= 0.6 is 11.8 Å². The average Bonchev–Trinajstić information content (AvgIpc) is 2.88. The van der Waals surface area contributed by atoms with Gasteiger partial charge in [0.2, 0.25) is 0 Å². The molecule has 0 radical (unpaired) electrons. The molecule has 3 heterocycles. The minimum Gasteiger partial charge on any atom is -0.465 e. The van der Waals surface area contributed by atoms with Crippen LogP contribution in [0.5, 0.6) is 0 Å². The summed E-state index contributed by atoms with van der Waals surface area (Å²) < 4.78 is 4.78. The van der Waals surface area contributed by atoms with E-state index in [1.54, 1.807) is 42.2 Å². The van der Waals surface area contributed by atoms with E-state index < -0.39 is 5.97 Å². The summed E-state index contributed by atoms with van der Waals surface area (Å²) in [6.07, 6.45) is 5.51. The SMILES string of the molecule is COC(=O)c1cccc(C(=O)N2CCCC(c3nc(SCc4ccccn4)ncc3C)C2)c1. The van der Waals surface area contributed by atoms with E-state index in [2.05, 4.69) is 9.97 Å². The first kappa shape index (κ1) is 22.9. The van der Waals surface area contributed by atoms with Crippen molar-refractivity contribution in [1.29, 1.82) is 0 Å². The molecular weight excluding hydrogens is 436 g/mol. The number of methoxy groups -OCH3 is 1. The van der Waals surface area contributed by atoms with Crippen LogP contribution in [0.1, 0.15) is 56.4 Å². The third-order valence-electron chi connectivity index (χ3n) is 5.69. The first-order chi connectivity index (χ1) is 16.0. The lowest BCUT2D eigenvalue weighted by molar-refractivity contribution is 0.0600. The van der Waals surface area contributed by atoms with Crippen molar-refractivity contribution in [3.8, 4) is 0 Å². The van der Waals surface area contributed by atoms with Gasteiger partial charge in [-0.25, -0.2) is 14.8 Å². The molecule has 1 unspecified atom stereocenters. The second-order valence-corrected chi connectivity index (χ2v) is 8.94. The highest BCUT2D eigenvalue weighted by Gasteiger charge is 2.28. The Labute approximate surface area is 197 Å². The molecule has 0 spiro atoms. The van der Waals surface area contributed by atoms with Gasteiger partial charge < -0.3 is 9.64 Å². The summed E-state index contributed by atoms with van der Waals surface area (Å²) in [6, 6.07) is 12.6. The zero-order valence-corrected chi connectivity index (χ0v) is 19.5. The zero-order valence-electron chi connectivity index (χ0n) is 18.7. The highest BCUT2D eigenvalue weighted by atomic mass is 32.2. The Balaban J connectivity index is 1.48. The van der Waals surface area contributed by atoms with Crippen LogP contribution in [-0.4, -0.2) is 51.9 Å². The lowest BCUT2D eigenvalue weighted by Gasteiger charge is -2.33. The number of ether oxygens (including phenoxy) is 1. The molecular formula is C25H26N4O3S. The molecule has 7 nitrogen and oxygen atoms in total. The fourth-order valence-electron chi connectivity index (χ4n) is 4.01. The van der Waals surface area contributed by atoms with Gasteiger partial charge in [0, 0.05) is 42.7 Å². The molecule has 0 N–H and O–H groups in total. The predicted octanol–water partition coefficient (Wildman–Crippen LogP) is 4.28. The number of likely N-dealkylation sites (tertiary alicyclic amines) is 1. The Hall–Kier alpha value is -3.26. The van der Waals surface area contributed by atoms with E-state index >= 15 is 0 Å². The van der Waals surface area contributed by atoms with Gasteiger partial charge in [-0.3, -0.25) is 9.78 Å². The Morgan fingerprint density at radius 1 is 1.15 bits per heavy atom. The molecule has 1 atom stereocenters. The highest BCUT2D eigenvalue weighted by molar-refractivity contribution is 7.98. The molecule has 1 aromatic carbocycles. The number of rotatable bonds is 6. The largest absolute Gasteiger partial charge is 0.465 e. The van der Waals surface area contributed by atoms with Gasteiger partial charge in [0.25, 0.3) is 5.91 Å².